The van der Waals surface area contributed by atoms with E-state index >= 15 is 0 Å². The number of sulfone groups is 1. The predicted molar refractivity (Wildman–Crippen MR) is 74.0 cm³/mol. The predicted octanol–water partition coefficient (Wildman–Crippen LogP) is 3.07. The monoisotopic (exact) mass is 310 g/mol. The summed E-state index contributed by atoms with van der Waals surface area (Å²) in [5.41, 5.74) is 7.31. The van der Waals surface area contributed by atoms with Crippen molar-refractivity contribution in [3.8, 4) is 0 Å². The van der Waals surface area contributed by atoms with Crippen molar-refractivity contribution < 1.29 is 22.0 Å². The second kappa shape index (κ2) is 8.04. The fourth-order valence-corrected chi connectivity index (χ4v) is 2.67. The second-order valence-electron chi connectivity index (χ2n) is 3.74. The van der Waals surface area contributed by atoms with Crippen LogP contribution in [0.4, 0.5) is 8.78 Å². The van der Waals surface area contributed by atoms with Gasteiger partial charge in [-0.05, 0) is 24.3 Å². The lowest BCUT2D eigenvalue weighted by molar-refractivity contribution is -0.0250. The van der Waals surface area contributed by atoms with Gasteiger partial charge in [-0.2, -0.15) is 0 Å². The van der Waals surface area contributed by atoms with E-state index in [1.165, 1.54) is 0 Å². The van der Waals surface area contributed by atoms with E-state index in [-0.39, 0.29) is 0 Å². The standard InChI is InChI=1S/C12H10O2S.C2H2F2N2/c13-15(14,11-7-3-1-4-8-11)12-9-5-2-6-10-12;3-1-2(4)6-5/h1-10H;1H2. The second-order valence-corrected chi connectivity index (χ2v) is 5.69. The van der Waals surface area contributed by atoms with Crippen LogP contribution in [-0.2, 0) is 9.84 Å². The summed E-state index contributed by atoms with van der Waals surface area (Å²) < 4.78 is 45.8. The molecule has 0 fully saturated rings. The number of nitrogens with zero attached hydrogens (tertiary/aromatic N) is 2. The van der Waals surface area contributed by atoms with E-state index in [1.54, 1.807) is 60.7 Å². The normalized spacial score (nSPS) is 10.0. The minimum Gasteiger partial charge on any atom is -0.358 e. The maximum absolute atomic E-state index is 12.0. The maximum atomic E-state index is 12.0. The lowest BCUT2D eigenvalue weighted by Gasteiger charge is -2.03. The molecule has 2 aromatic carbocycles. The summed E-state index contributed by atoms with van der Waals surface area (Å²) in [6, 6.07) is 16.9. The van der Waals surface area contributed by atoms with Gasteiger partial charge < -0.3 is 5.53 Å². The largest absolute Gasteiger partial charge is 0.473 e. The Balaban J connectivity index is 0.000000315. The molecule has 0 N–H and O–H groups in total. The third-order valence-corrected chi connectivity index (χ3v) is 4.11. The molecule has 0 radical (unpaired) electrons. The van der Waals surface area contributed by atoms with Crippen LogP contribution in [0.1, 0.15) is 0 Å². The van der Waals surface area contributed by atoms with Gasteiger partial charge in [0, 0.05) is 0 Å². The molecule has 0 aliphatic rings. The highest BCUT2D eigenvalue weighted by atomic mass is 32.2. The molecule has 0 heterocycles. The molecular weight excluding hydrogens is 298 g/mol. The van der Waals surface area contributed by atoms with E-state index in [2.05, 4.69) is 0 Å². The van der Waals surface area contributed by atoms with Crippen molar-refractivity contribution in [1.29, 1.82) is 0 Å². The van der Waals surface area contributed by atoms with Crippen LogP contribution in [0.25, 0.3) is 5.53 Å². The fraction of sp³-hybridized carbons (Fsp3) is 0.0714. The van der Waals surface area contributed by atoms with Crippen LogP contribution in [-0.4, -0.2) is 25.8 Å². The summed E-state index contributed by atoms with van der Waals surface area (Å²) in [5, 5.41) is 0. The van der Waals surface area contributed by atoms with Gasteiger partial charge in [-0.15, -0.1) is 9.18 Å². The minimum atomic E-state index is -3.34. The van der Waals surface area contributed by atoms with Crippen molar-refractivity contribution in [1.82, 2.24) is 0 Å². The average molecular weight is 310 g/mol. The van der Waals surface area contributed by atoms with Gasteiger partial charge in [0.05, 0.1) is 9.79 Å². The summed E-state index contributed by atoms with van der Waals surface area (Å²) in [4.78, 5) is 2.54. The first-order chi connectivity index (χ1) is 10.0. The first kappa shape index (κ1) is 16.7. The molecule has 21 heavy (non-hydrogen) atoms. The quantitative estimate of drug-likeness (QED) is 0.496. The van der Waals surface area contributed by atoms with Gasteiger partial charge in [-0.1, -0.05) is 36.4 Å². The van der Waals surface area contributed by atoms with E-state index < -0.39 is 22.5 Å². The Morgan fingerprint density at radius 3 is 1.57 bits per heavy atom. The number of alkyl halides is 1. The fourth-order valence-electron chi connectivity index (χ4n) is 1.36. The van der Waals surface area contributed by atoms with E-state index in [0.717, 1.165) is 0 Å². The van der Waals surface area contributed by atoms with Crippen molar-refractivity contribution >= 4 is 15.8 Å². The van der Waals surface area contributed by atoms with Crippen molar-refractivity contribution in [2.24, 2.45) is 0 Å². The molecule has 0 unspecified atom stereocenters. The molecule has 7 heteroatoms. The number of rotatable bonds is 3. The van der Waals surface area contributed by atoms with Gasteiger partial charge in [0.2, 0.25) is 16.5 Å². The molecule has 0 aliphatic carbocycles. The Bertz CT molecular complexity index is 668. The molecule has 2 rings (SSSR count). The maximum Gasteiger partial charge on any atom is 0.473 e. The van der Waals surface area contributed by atoms with Crippen LogP contribution in [0.2, 0.25) is 0 Å². The Morgan fingerprint density at radius 1 is 0.952 bits per heavy atom. The van der Waals surface area contributed by atoms with E-state index in [1.807, 2.05) is 4.79 Å². The lowest BCUT2D eigenvalue weighted by Crippen LogP contribution is -2.00. The summed E-state index contributed by atoms with van der Waals surface area (Å²) in [7, 11) is -3.34. The van der Waals surface area contributed by atoms with Gasteiger partial charge in [-0.25, -0.2) is 12.8 Å². The van der Waals surface area contributed by atoms with E-state index in [4.69, 9.17) is 5.53 Å². The lowest BCUT2D eigenvalue weighted by atomic mass is 10.4. The summed E-state index contributed by atoms with van der Waals surface area (Å²) in [6.07, 6.45) is 0. The average Bonchev–Trinajstić information content (AvgIpc) is 2.56. The topological polar surface area (TPSA) is 70.5 Å². The molecule has 0 spiro atoms. The van der Waals surface area contributed by atoms with Gasteiger partial charge in [0.25, 0.3) is 0 Å². The zero-order valence-electron chi connectivity index (χ0n) is 10.9. The molecule has 4 nitrogen and oxygen atoms in total. The molecule has 110 valence electrons. The highest BCUT2D eigenvalue weighted by Gasteiger charge is 2.15. The molecular formula is C14H12F2N2O2S. The molecule has 0 atom stereocenters. The highest BCUT2D eigenvalue weighted by molar-refractivity contribution is 7.91. The Hall–Kier alpha value is -2.37. The van der Waals surface area contributed by atoms with Crippen LogP contribution in [0.5, 0.6) is 0 Å². The first-order valence-corrected chi connectivity index (χ1v) is 7.28. The van der Waals surface area contributed by atoms with Crippen molar-refractivity contribution in [2.75, 3.05) is 6.67 Å². The number of hydrogen-bond donors (Lipinski definition) is 0. The van der Waals surface area contributed by atoms with Gasteiger partial charge in [0.15, 0.2) is 0 Å². The summed E-state index contributed by atoms with van der Waals surface area (Å²) in [6.45, 7) is -1.34. The SMILES string of the molecule is O=S(=O)(c1ccccc1)c1ccccc1.[N-]=[N+]=C(F)CF. The van der Waals surface area contributed by atoms with E-state index in [9.17, 15) is 17.2 Å². The molecule has 0 amide bonds. The summed E-state index contributed by atoms with van der Waals surface area (Å²) in [5.74, 6) is -1.39. The van der Waals surface area contributed by atoms with Gasteiger partial charge in [0.1, 0.15) is 0 Å². The zero-order valence-corrected chi connectivity index (χ0v) is 11.7. The van der Waals surface area contributed by atoms with E-state index in [0.29, 0.717) is 9.79 Å². The molecule has 0 aromatic heterocycles. The minimum absolute atomic E-state index is 0.330. The Labute approximate surface area is 121 Å². The zero-order chi connectivity index (χ0) is 15.7. The van der Waals surface area contributed by atoms with Crippen LogP contribution in [0.15, 0.2) is 70.5 Å². The van der Waals surface area contributed by atoms with Crippen LogP contribution in [0, 0.1) is 0 Å². The number of hydrogen-bond acceptors (Lipinski definition) is 2. The third kappa shape index (κ3) is 4.91. The van der Waals surface area contributed by atoms with Gasteiger partial charge in [-0.3, -0.25) is 0 Å². The molecule has 0 saturated carbocycles. The van der Waals surface area contributed by atoms with Crippen LogP contribution >= 0.6 is 0 Å². The highest BCUT2D eigenvalue weighted by Crippen LogP contribution is 2.19. The van der Waals surface area contributed by atoms with Crippen molar-refractivity contribution in [3.05, 3.63) is 66.2 Å². The molecule has 2 aromatic rings. The molecule has 0 bridgehead atoms. The van der Waals surface area contributed by atoms with Gasteiger partial charge >= 0.3 is 5.97 Å². The van der Waals surface area contributed by atoms with Crippen LogP contribution < -0.4 is 0 Å². The molecule has 0 aliphatic heterocycles. The third-order valence-electron chi connectivity index (χ3n) is 2.33. The molecule has 0 saturated heterocycles. The first-order valence-electron chi connectivity index (χ1n) is 5.80. The van der Waals surface area contributed by atoms with Crippen LogP contribution in [0.3, 0.4) is 0 Å². The van der Waals surface area contributed by atoms with Crippen molar-refractivity contribution in [3.63, 3.8) is 0 Å². The smallest absolute Gasteiger partial charge is 0.358 e. The Morgan fingerprint density at radius 2 is 1.33 bits per heavy atom. The summed E-state index contributed by atoms with van der Waals surface area (Å²) >= 11 is 0. The number of halogens is 2. The Kier molecular flexibility index (Phi) is 6.39. The van der Waals surface area contributed by atoms with Crippen molar-refractivity contribution in [2.45, 2.75) is 9.79 Å². The number of benzene rings is 2.